The van der Waals surface area contributed by atoms with Gasteiger partial charge in [0.2, 0.25) is 0 Å². The van der Waals surface area contributed by atoms with Gasteiger partial charge in [-0.1, -0.05) is 20.8 Å². The molecule has 2 aromatic rings. The predicted molar refractivity (Wildman–Crippen MR) is 49.5 cm³/mol. The van der Waals surface area contributed by atoms with Gasteiger partial charge in [-0.25, -0.2) is 14.5 Å². The third-order valence-corrected chi connectivity index (χ3v) is 1.92. The molecule has 0 saturated carbocycles. The van der Waals surface area contributed by atoms with Gasteiger partial charge in [0, 0.05) is 11.5 Å². The van der Waals surface area contributed by atoms with Gasteiger partial charge in [-0.15, -0.1) is 0 Å². The molecule has 0 aliphatic rings. The summed E-state index contributed by atoms with van der Waals surface area (Å²) in [4.78, 5) is 8.00. The van der Waals surface area contributed by atoms with Crippen LogP contribution in [0.15, 0.2) is 18.7 Å². The van der Waals surface area contributed by atoms with Crippen LogP contribution in [0.4, 0.5) is 0 Å². The highest BCUT2D eigenvalue weighted by Crippen LogP contribution is 2.20. The molecule has 0 unspecified atom stereocenters. The van der Waals surface area contributed by atoms with Crippen molar-refractivity contribution < 1.29 is 0 Å². The molecule has 13 heavy (non-hydrogen) atoms. The average molecular weight is 176 g/mol. The summed E-state index contributed by atoms with van der Waals surface area (Å²) in [5.41, 5.74) is 1.95. The lowest BCUT2D eigenvalue weighted by atomic mass is 9.93. The Morgan fingerprint density at radius 2 is 2.08 bits per heavy atom. The molecule has 4 heteroatoms. The lowest BCUT2D eigenvalue weighted by molar-refractivity contribution is 0.562. The van der Waals surface area contributed by atoms with Gasteiger partial charge in [-0.2, -0.15) is 5.10 Å². The van der Waals surface area contributed by atoms with E-state index < -0.39 is 0 Å². The third kappa shape index (κ3) is 1.39. The Kier molecular flexibility index (Phi) is 1.58. The Balaban J connectivity index is 2.63. The van der Waals surface area contributed by atoms with E-state index in [1.54, 1.807) is 10.8 Å². The maximum atomic E-state index is 4.38. The molecular weight excluding hydrogens is 164 g/mol. The van der Waals surface area contributed by atoms with E-state index in [0.717, 1.165) is 11.3 Å². The Hall–Kier alpha value is -1.45. The monoisotopic (exact) mass is 176 g/mol. The second-order valence-corrected chi connectivity index (χ2v) is 4.09. The van der Waals surface area contributed by atoms with E-state index in [0.29, 0.717) is 0 Å². The molecule has 0 amide bonds. The van der Waals surface area contributed by atoms with Crippen molar-refractivity contribution in [1.29, 1.82) is 0 Å². The van der Waals surface area contributed by atoms with Crippen LogP contribution in [0.1, 0.15) is 26.5 Å². The van der Waals surface area contributed by atoms with E-state index >= 15 is 0 Å². The lowest BCUT2D eigenvalue weighted by Crippen LogP contribution is -2.11. The van der Waals surface area contributed by atoms with Crippen molar-refractivity contribution in [2.75, 3.05) is 0 Å². The molecule has 0 saturated heterocycles. The highest BCUT2D eigenvalue weighted by atomic mass is 15.3. The van der Waals surface area contributed by atoms with Gasteiger partial charge in [0.15, 0.2) is 5.65 Å². The van der Waals surface area contributed by atoms with Crippen LogP contribution < -0.4 is 0 Å². The fraction of sp³-hybridized carbons (Fsp3) is 0.444. The van der Waals surface area contributed by atoms with Crippen molar-refractivity contribution in [2.45, 2.75) is 26.2 Å². The van der Waals surface area contributed by atoms with Gasteiger partial charge < -0.3 is 0 Å². The number of hydrogen-bond acceptors (Lipinski definition) is 3. The van der Waals surface area contributed by atoms with Crippen LogP contribution in [0.25, 0.3) is 5.65 Å². The number of rotatable bonds is 0. The first-order valence-electron chi connectivity index (χ1n) is 4.23. The highest BCUT2D eigenvalue weighted by Gasteiger charge is 2.17. The summed E-state index contributed by atoms with van der Waals surface area (Å²) in [5, 5.41) is 4.38. The van der Waals surface area contributed by atoms with Gasteiger partial charge >= 0.3 is 0 Å². The maximum Gasteiger partial charge on any atom is 0.158 e. The van der Waals surface area contributed by atoms with Crippen LogP contribution >= 0.6 is 0 Å². The fourth-order valence-corrected chi connectivity index (χ4v) is 1.12. The minimum absolute atomic E-state index is 0.0632. The quantitative estimate of drug-likeness (QED) is 0.609. The van der Waals surface area contributed by atoms with Gasteiger partial charge in [-0.3, -0.25) is 0 Å². The summed E-state index contributed by atoms with van der Waals surface area (Å²) in [5.74, 6) is 0. The number of hydrogen-bond donors (Lipinski definition) is 0. The van der Waals surface area contributed by atoms with Crippen molar-refractivity contribution >= 4 is 5.65 Å². The number of fused-ring (bicyclic) bond motifs is 1. The largest absolute Gasteiger partial charge is 0.225 e. The smallest absolute Gasteiger partial charge is 0.158 e. The van der Waals surface area contributed by atoms with Crippen LogP contribution in [-0.4, -0.2) is 19.6 Å². The van der Waals surface area contributed by atoms with E-state index in [4.69, 9.17) is 0 Å². The maximum absolute atomic E-state index is 4.38. The average Bonchev–Trinajstić information content (AvgIpc) is 2.45. The summed E-state index contributed by atoms with van der Waals surface area (Å²) in [7, 11) is 0. The third-order valence-electron chi connectivity index (χ3n) is 1.92. The summed E-state index contributed by atoms with van der Waals surface area (Å²) in [6, 6.07) is 1.99. The van der Waals surface area contributed by atoms with Crippen molar-refractivity contribution in [3.05, 3.63) is 24.4 Å². The second kappa shape index (κ2) is 2.52. The Labute approximate surface area is 76.6 Å². The van der Waals surface area contributed by atoms with Crippen LogP contribution in [0.3, 0.4) is 0 Å². The van der Waals surface area contributed by atoms with E-state index in [9.17, 15) is 0 Å². The highest BCUT2D eigenvalue weighted by molar-refractivity contribution is 5.39. The lowest BCUT2D eigenvalue weighted by Gasteiger charge is -2.13. The Morgan fingerprint density at radius 1 is 1.31 bits per heavy atom. The fourth-order valence-electron chi connectivity index (χ4n) is 1.12. The van der Waals surface area contributed by atoms with E-state index in [1.807, 2.05) is 6.07 Å². The number of nitrogens with zero attached hydrogens (tertiary/aromatic N) is 4. The summed E-state index contributed by atoms with van der Waals surface area (Å²) < 4.78 is 1.70. The molecule has 68 valence electrons. The first-order valence-corrected chi connectivity index (χ1v) is 4.23. The zero-order valence-electron chi connectivity index (χ0n) is 8.02. The minimum Gasteiger partial charge on any atom is -0.225 e. The second-order valence-electron chi connectivity index (χ2n) is 4.09. The molecule has 0 fully saturated rings. The Bertz CT molecular complexity index is 391. The molecule has 0 bridgehead atoms. The van der Waals surface area contributed by atoms with Gasteiger partial charge in [0.05, 0.1) is 5.69 Å². The normalized spacial score (nSPS) is 12.2. The Morgan fingerprint density at radius 3 is 2.69 bits per heavy atom. The molecule has 0 aromatic carbocycles. The summed E-state index contributed by atoms with van der Waals surface area (Å²) >= 11 is 0. The van der Waals surface area contributed by atoms with Crippen molar-refractivity contribution in [3.63, 3.8) is 0 Å². The minimum atomic E-state index is 0.0632. The molecular formula is C9H12N4. The van der Waals surface area contributed by atoms with Crippen LogP contribution in [0, 0.1) is 0 Å². The molecule has 0 radical (unpaired) electrons. The molecule has 0 aliphatic heterocycles. The molecule has 0 atom stereocenters. The number of aromatic nitrogens is 4. The molecule has 0 spiro atoms. The van der Waals surface area contributed by atoms with E-state index in [1.165, 1.54) is 6.33 Å². The summed E-state index contributed by atoms with van der Waals surface area (Å²) in [6.45, 7) is 6.38. The van der Waals surface area contributed by atoms with Gasteiger partial charge in [0.1, 0.15) is 12.7 Å². The zero-order chi connectivity index (χ0) is 9.47. The van der Waals surface area contributed by atoms with E-state index in [2.05, 4.69) is 35.8 Å². The van der Waals surface area contributed by atoms with Crippen LogP contribution in [0.2, 0.25) is 0 Å². The van der Waals surface area contributed by atoms with Crippen LogP contribution in [-0.2, 0) is 5.41 Å². The molecule has 0 aliphatic carbocycles. The van der Waals surface area contributed by atoms with Crippen molar-refractivity contribution in [2.24, 2.45) is 0 Å². The molecule has 2 heterocycles. The van der Waals surface area contributed by atoms with Gasteiger partial charge in [-0.05, 0) is 0 Å². The molecule has 2 aromatic heterocycles. The zero-order valence-corrected chi connectivity index (χ0v) is 8.02. The first-order chi connectivity index (χ1) is 6.07. The standard InChI is InChI=1S/C9H12N4/c1-9(2,3)7-4-8-11-5-10-6-13(8)12-7/h4-6H,1-3H3. The summed E-state index contributed by atoms with van der Waals surface area (Å²) in [6.07, 6.45) is 3.20. The molecule has 2 rings (SSSR count). The predicted octanol–water partition coefficient (Wildman–Crippen LogP) is 1.42. The molecule has 0 N–H and O–H groups in total. The first kappa shape index (κ1) is 8.16. The SMILES string of the molecule is CC(C)(C)c1cc2ncncn2n1. The van der Waals surface area contributed by atoms with Gasteiger partial charge in [0.25, 0.3) is 0 Å². The topological polar surface area (TPSA) is 43.1 Å². The van der Waals surface area contributed by atoms with Crippen LogP contribution in [0.5, 0.6) is 0 Å². The van der Waals surface area contributed by atoms with E-state index in [-0.39, 0.29) is 5.41 Å². The molecule has 4 nitrogen and oxygen atoms in total. The van der Waals surface area contributed by atoms with Crippen molar-refractivity contribution in [1.82, 2.24) is 19.6 Å². The van der Waals surface area contributed by atoms with Crippen molar-refractivity contribution in [3.8, 4) is 0 Å².